The fourth-order valence-corrected chi connectivity index (χ4v) is 2.75. The van der Waals surface area contributed by atoms with Gasteiger partial charge in [0.2, 0.25) is 5.41 Å². The molecule has 2 rings (SSSR count). The van der Waals surface area contributed by atoms with Crippen molar-refractivity contribution in [1.82, 2.24) is 0 Å². The molecule has 0 atom stereocenters. The minimum atomic E-state index is -6.03. The van der Waals surface area contributed by atoms with Gasteiger partial charge in [0, 0.05) is 11.4 Å². The lowest BCUT2D eigenvalue weighted by molar-refractivity contribution is -0.288. The van der Waals surface area contributed by atoms with Crippen LogP contribution in [0.25, 0.3) is 0 Å². The monoisotopic (exact) mass is 402 g/mol. The molecule has 0 radical (unpaired) electrons. The summed E-state index contributed by atoms with van der Waals surface area (Å²) in [6.07, 6.45) is -17.3. The number of hydrogen-bond acceptors (Lipinski definition) is 2. The molecule has 11 heteroatoms. The Bertz CT molecular complexity index is 804. The van der Waals surface area contributed by atoms with Crippen LogP contribution < -0.4 is 11.5 Å². The maximum absolute atomic E-state index is 13.8. The van der Waals surface area contributed by atoms with E-state index in [1.54, 1.807) is 0 Å². The Morgan fingerprint density at radius 2 is 0.963 bits per heavy atom. The lowest BCUT2D eigenvalue weighted by atomic mass is 9.72. The quantitative estimate of drug-likeness (QED) is 0.531. The van der Waals surface area contributed by atoms with Gasteiger partial charge >= 0.3 is 18.5 Å². The van der Waals surface area contributed by atoms with Crippen molar-refractivity contribution in [3.8, 4) is 0 Å². The van der Waals surface area contributed by atoms with Crippen molar-refractivity contribution < 1.29 is 39.5 Å². The van der Waals surface area contributed by atoms with Crippen LogP contribution in [0, 0.1) is 0 Å². The van der Waals surface area contributed by atoms with Crippen LogP contribution in [0.15, 0.2) is 42.5 Å². The summed E-state index contributed by atoms with van der Waals surface area (Å²) in [6, 6.07) is 2.79. The molecular weight excluding hydrogens is 391 g/mol. The van der Waals surface area contributed by atoms with E-state index < -0.39 is 46.3 Å². The molecule has 0 aliphatic rings. The minimum Gasteiger partial charge on any atom is -0.399 e. The predicted octanol–water partition coefficient (Wildman–Crippen LogP) is 5.28. The number of benzene rings is 2. The number of hydrogen-bond donors (Lipinski definition) is 2. The van der Waals surface area contributed by atoms with Crippen molar-refractivity contribution >= 4 is 11.4 Å². The van der Waals surface area contributed by atoms with E-state index in [1.165, 1.54) is 0 Å². The van der Waals surface area contributed by atoms with Crippen LogP contribution in [0.3, 0.4) is 0 Å². The fourth-order valence-electron chi connectivity index (χ4n) is 2.75. The number of nitrogen functional groups attached to an aromatic ring is 2. The number of anilines is 2. The zero-order valence-electron chi connectivity index (χ0n) is 13.1. The lowest BCUT2D eigenvalue weighted by Gasteiger charge is -2.38. The van der Waals surface area contributed by atoms with Crippen molar-refractivity contribution in [2.45, 2.75) is 23.9 Å². The molecule has 0 aliphatic carbocycles. The summed E-state index contributed by atoms with van der Waals surface area (Å²) in [4.78, 5) is 0. The maximum atomic E-state index is 13.8. The van der Waals surface area contributed by atoms with Gasteiger partial charge in [-0.25, -0.2) is 0 Å². The van der Waals surface area contributed by atoms with Crippen LogP contribution in [0.5, 0.6) is 0 Å². The van der Waals surface area contributed by atoms with Gasteiger partial charge in [0.25, 0.3) is 0 Å². The van der Waals surface area contributed by atoms with E-state index in [-0.39, 0.29) is 23.9 Å². The second-order valence-electron chi connectivity index (χ2n) is 5.71. The topological polar surface area (TPSA) is 52.0 Å². The number of alkyl halides is 9. The molecule has 27 heavy (non-hydrogen) atoms. The Morgan fingerprint density at radius 3 is 1.37 bits per heavy atom. The predicted molar refractivity (Wildman–Crippen MR) is 79.6 cm³/mol. The maximum Gasteiger partial charge on any atom is 0.416 e. The molecule has 148 valence electrons. The van der Waals surface area contributed by atoms with Gasteiger partial charge < -0.3 is 11.5 Å². The summed E-state index contributed by atoms with van der Waals surface area (Å²) in [5, 5.41) is 0. The molecule has 2 nitrogen and oxygen atoms in total. The van der Waals surface area contributed by atoms with Crippen LogP contribution in [-0.4, -0.2) is 12.4 Å². The molecule has 4 N–H and O–H groups in total. The first kappa shape index (κ1) is 20.7. The molecule has 0 fully saturated rings. The Morgan fingerprint density at radius 1 is 0.519 bits per heavy atom. The van der Waals surface area contributed by atoms with E-state index in [0.717, 1.165) is 12.1 Å². The average molecular weight is 402 g/mol. The molecule has 0 aromatic heterocycles. The second-order valence-corrected chi connectivity index (χ2v) is 5.71. The molecule has 2 aromatic carbocycles. The van der Waals surface area contributed by atoms with E-state index >= 15 is 0 Å². The van der Waals surface area contributed by atoms with Crippen LogP contribution in [-0.2, 0) is 11.6 Å². The van der Waals surface area contributed by atoms with Gasteiger partial charge in [-0.15, -0.1) is 0 Å². The third-order valence-corrected chi connectivity index (χ3v) is 3.91. The Hall–Kier alpha value is -2.59. The van der Waals surface area contributed by atoms with Crippen molar-refractivity contribution in [1.29, 1.82) is 0 Å². The van der Waals surface area contributed by atoms with Gasteiger partial charge in [-0.05, 0) is 41.5 Å². The lowest BCUT2D eigenvalue weighted by Crippen LogP contribution is -2.54. The number of nitrogens with two attached hydrogens (primary N) is 2. The molecule has 0 saturated heterocycles. The largest absolute Gasteiger partial charge is 0.416 e. The number of rotatable bonds is 2. The Kier molecular flexibility index (Phi) is 4.79. The molecule has 0 saturated carbocycles. The first-order valence-electron chi connectivity index (χ1n) is 7.08. The standard InChI is InChI=1S/C16H11F9N2/c17-14(18,19)10-5-9(6-12(27)7-10)13(15(20,21)22,16(23,24)25)8-1-3-11(26)4-2-8/h1-7H,26-27H2. The highest BCUT2D eigenvalue weighted by atomic mass is 19.4. The van der Waals surface area contributed by atoms with Crippen LogP contribution in [0.2, 0.25) is 0 Å². The van der Waals surface area contributed by atoms with Crippen molar-refractivity contribution in [2.75, 3.05) is 11.5 Å². The highest BCUT2D eigenvalue weighted by Gasteiger charge is 2.72. The van der Waals surface area contributed by atoms with E-state index in [2.05, 4.69) is 0 Å². The summed E-state index contributed by atoms with van der Waals surface area (Å²) in [5.74, 6) is 0. The molecule has 0 bridgehead atoms. The van der Waals surface area contributed by atoms with Crippen LogP contribution in [0.1, 0.15) is 16.7 Å². The van der Waals surface area contributed by atoms with Gasteiger partial charge in [0.05, 0.1) is 5.56 Å². The van der Waals surface area contributed by atoms with Gasteiger partial charge in [0.1, 0.15) is 0 Å². The summed E-state index contributed by atoms with van der Waals surface area (Å²) in [6.45, 7) is 0. The molecule has 0 aliphatic heterocycles. The summed E-state index contributed by atoms with van der Waals surface area (Å²) in [7, 11) is 0. The zero-order chi connectivity index (χ0) is 20.8. The first-order chi connectivity index (χ1) is 12.1. The smallest absolute Gasteiger partial charge is 0.399 e. The normalized spacial score (nSPS) is 13.7. The minimum absolute atomic E-state index is 0.124. The Balaban J connectivity index is 2.98. The second kappa shape index (κ2) is 6.24. The SMILES string of the molecule is Nc1ccc(C(c2cc(N)cc(C(F)(F)F)c2)(C(F)(F)F)C(F)(F)F)cc1. The third-order valence-electron chi connectivity index (χ3n) is 3.91. The number of halogens is 9. The molecule has 0 heterocycles. The van der Waals surface area contributed by atoms with Gasteiger partial charge in [-0.2, -0.15) is 39.5 Å². The molecule has 0 unspecified atom stereocenters. The van der Waals surface area contributed by atoms with Crippen LogP contribution >= 0.6 is 0 Å². The zero-order valence-corrected chi connectivity index (χ0v) is 13.1. The van der Waals surface area contributed by atoms with E-state index in [1.807, 2.05) is 0 Å². The average Bonchev–Trinajstić information content (AvgIpc) is 2.45. The van der Waals surface area contributed by atoms with Gasteiger partial charge in [0.15, 0.2) is 0 Å². The molecule has 0 amide bonds. The Labute approximate surface area is 146 Å². The highest BCUT2D eigenvalue weighted by molar-refractivity contribution is 5.54. The summed E-state index contributed by atoms with van der Waals surface area (Å²) in [5.41, 5.74) is -0.0282. The molecule has 2 aromatic rings. The van der Waals surface area contributed by atoms with Crippen LogP contribution in [0.4, 0.5) is 50.9 Å². The van der Waals surface area contributed by atoms with Gasteiger partial charge in [-0.1, -0.05) is 12.1 Å². The third kappa shape index (κ3) is 3.50. The van der Waals surface area contributed by atoms with Crippen molar-refractivity contribution in [3.05, 3.63) is 59.2 Å². The molecular formula is C16H11F9N2. The summed E-state index contributed by atoms with van der Waals surface area (Å²) < 4.78 is 122. The summed E-state index contributed by atoms with van der Waals surface area (Å²) >= 11 is 0. The first-order valence-corrected chi connectivity index (χ1v) is 7.08. The molecule has 0 spiro atoms. The van der Waals surface area contributed by atoms with E-state index in [9.17, 15) is 39.5 Å². The van der Waals surface area contributed by atoms with Crippen molar-refractivity contribution in [3.63, 3.8) is 0 Å². The van der Waals surface area contributed by atoms with Gasteiger partial charge in [-0.3, -0.25) is 0 Å². The van der Waals surface area contributed by atoms with E-state index in [0.29, 0.717) is 12.1 Å². The highest BCUT2D eigenvalue weighted by Crippen LogP contribution is 2.57. The van der Waals surface area contributed by atoms with E-state index in [4.69, 9.17) is 11.5 Å². The fraction of sp³-hybridized carbons (Fsp3) is 0.250. The van der Waals surface area contributed by atoms with Crippen molar-refractivity contribution in [2.24, 2.45) is 0 Å².